The normalized spacial score (nSPS) is 26.4. The third-order valence-corrected chi connectivity index (χ3v) is 6.07. The highest BCUT2D eigenvalue weighted by Crippen LogP contribution is 2.28. The van der Waals surface area contributed by atoms with Crippen molar-refractivity contribution in [1.82, 2.24) is 9.62 Å². The Morgan fingerprint density at radius 1 is 1.17 bits per heavy atom. The molecule has 2 rings (SSSR count). The van der Waals surface area contributed by atoms with Crippen LogP contribution in [0.15, 0.2) is 0 Å². The lowest BCUT2D eigenvalue weighted by Crippen LogP contribution is -2.34. The van der Waals surface area contributed by atoms with E-state index in [2.05, 4.69) is 5.32 Å². The van der Waals surface area contributed by atoms with Crippen LogP contribution in [0.4, 0.5) is 0 Å². The number of hydrogen-bond acceptors (Lipinski definition) is 3. The smallest absolute Gasteiger partial charge is 0.214 e. The molecule has 1 heterocycles. The predicted octanol–water partition coefficient (Wildman–Crippen LogP) is 1.47. The van der Waals surface area contributed by atoms with Crippen molar-refractivity contribution in [3.05, 3.63) is 0 Å². The van der Waals surface area contributed by atoms with Crippen LogP contribution in [-0.2, 0) is 10.0 Å². The van der Waals surface area contributed by atoms with Gasteiger partial charge in [-0.15, -0.1) is 12.4 Å². The largest absolute Gasteiger partial charge is 0.319 e. The van der Waals surface area contributed by atoms with Crippen molar-refractivity contribution >= 4 is 22.4 Å². The lowest BCUT2D eigenvalue weighted by Gasteiger charge is -2.19. The van der Waals surface area contributed by atoms with Crippen molar-refractivity contribution in [2.45, 2.75) is 32.1 Å². The van der Waals surface area contributed by atoms with Crippen LogP contribution >= 0.6 is 12.4 Å². The zero-order chi connectivity index (χ0) is 12.3. The average molecular weight is 297 g/mol. The van der Waals surface area contributed by atoms with Gasteiger partial charge in [0.05, 0.1) is 5.75 Å². The first-order valence-corrected chi connectivity index (χ1v) is 8.35. The third kappa shape index (κ3) is 4.08. The van der Waals surface area contributed by atoms with Gasteiger partial charge >= 0.3 is 0 Å². The van der Waals surface area contributed by atoms with Gasteiger partial charge in [-0.1, -0.05) is 12.8 Å². The molecule has 1 saturated carbocycles. The summed E-state index contributed by atoms with van der Waals surface area (Å²) in [6, 6.07) is 0. The highest BCUT2D eigenvalue weighted by atomic mass is 35.5. The van der Waals surface area contributed by atoms with E-state index in [0.29, 0.717) is 17.6 Å². The molecular formula is C12H25ClN2O2S. The molecule has 0 aromatic heterocycles. The molecule has 0 aromatic carbocycles. The molecule has 2 fully saturated rings. The summed E-state index contributed by atoms with van der Waals surface area (Å²) < 4.78 is 26.2. The maximum atomic E-state index is 12.2. The second-order valence-electron chi connectivity index (χ2n) is 5.50. The molecule has 1 aliphatic carbocycles. The molecule has 6 heteroatoms. The Hall–Kier alpha value is 0.160. The fourth-order valence-corrected chi connectivity index (χ4v) is 5.05. The van der Waals surface area contributed by atoms with E-state index in [4.69, 9.17) is 0 Å². The zero-order valence-electron chi connectivity index (χ0n) is 11.1. The summed E-state index contributed by atoms with van der Waals surface area (Å²) in [5.41, 5.74) is 0. The first-order chi connectivity index (χ1) is 8.12. The number of hydrogen-bond donors (Lipinski definition) is 1. The lowest BCUT2D eigenvalue weighted by atomic mass is 10.1. The monoisotopic (exact) mass is 296 g/mol. The summed E-state index contributed by atoms with van der Waals surface area (Å²) in [5, 5.41) is 3.13. The summed E-state index contributed by atoms with van der Waals surface area (Å²) in [6.07, 6.45) is 5.63. The van der Waals surface area contributed by atoms with Gasteiger partial charge in [-0.05, 0) is 44.7 Å². The summed E-state index contributed by atoms with van der Waals surface area (Å²) in [6.45, 7) is 2.37. The molecule has 0 radical (unpaired) electrons. The maximum Gasteiger partial charge on any atom is 0.214 e. The molecule has 1 aliphatic heterocycles. The second kappa shape index (κ2) is 7.08. The van der Waals surface area contributed by atoms with Crippen molar-refractivity contribution in [2.75, 3.05) is 32.4 Å². The van der Waals surface area contributed by atoms with E-state index in [9.17, 15) is 8.42 Å². The molecule has 108 valence electrons. The fourth-order valence-electron chi connectivity index (χ4n) is 3.09. The molecule has 0 amide bonds. The first-order valence-electron chi connectivity index (χ1n) is 6.74. The van der Waals surface area contributed by atoms with E-state index >= 15 is 0 Å². The number of sulfonamides is 1. The number of rotatable bonds is 5. The Morgan fingerprint density at radius 2 is 1.83 bits per heavy atom. The minimum absolute atomic E-state index is 0. The predicted molar refractivity (Wildman–Crippen MR) is 76.6 cm³/mol. The number of nitrogens with zero attached hydrogens (tertiary/aromatic N) is 1. The van der Waals surface area contributed by atoms with Crippen molar-refractivity contribution in [3.8, 4) is 0 Å². The van der Waals surface area contributed by atoms with Crippen LogP contribution in [0.5, 0.6) is 0 Å². The molecule has 18 heavy (non-hydrogen) atoms. The highest BCUT2D eigenvalue weighted by Gasteiger charge is 2.33. The molecule has 4 nitrogen and oxygen atoms in total. The van der Waals surface area contributed by atoms with E-state index < -0.39 is 10.0 Å². The number of nitrogens with one attached hydrogen (secondary N) is 1. The van der Waals surface area contributed by atoms with E-state index in [1.807, 2.05) is 7.05 Å². The van der Waals surface area contributed by atoms with Crippen LogP contribution in [0.3, 0.4) is 0 Å². The van der Waals surface area contributed by atoms with Gasteiger partial charge in [0.25, 0.3) is 0 Å². The van der Waals surface area contributed by atoms with Crippen LogP contribution in [0.1, 0.15) is 32.1 Å². The van der Waals surface area contributed by atoms with Gasteiger partial charge in [0.15, 0.2) is 0 Å². The molecule has 0 bridgehead atoms. The Morgan fingerprint density at radius 3 is 2.44 bits per heavy atom. The zero-order valence-corrected chi connectivity index (χ0v) is 12.7. The quantitative estimate of drug-likeness (QED) is 0.836. The first kappa shape index (κ1) is 16.2. The van der Waals surface area contributed by atoms with Gasteiger partial charge in [0.1, 0.15) is 0 Å². The van der Waals surface area contributed by atoms with Crippen molar-refractivity contribution in [3.63, 3.8) is 0 Å². The molecular weight excluding hydrogens is 272 g/mol. The SMILES string of the molecule is CNCC1CCN(S(=O)(=O)CC2CCCC2)C1.Cl. The van der Waals surface area contributed by atoms with Crippen LogP contribution in [0.2, 0.25) is 0 Å². The van der Waals surface area contributed by atoms with Gasteiger partial charge in [-0.3, -0.25) is 0 Å². The maximum absolute atomic E-state index is 12.2. The molecule has 0 spiro atoms. The van der Waals surface area contributed by atoms with Gasteiger partial charge in [-0.25, -0.2) is 12.7 Å². The molecule has 1 atom stereocenters. The Bertz CT molecular complexity index is 342. The van der Waals surface area contributed by atoms with Crippen molar-refractivity contribution < 1.29 is 8.42 Å². The lowest BCUT2D eigenvalue weighted by molar-refractivity contribution is 0.442. The third-order valence-electron chi connectivity index (χ3n) is 4.06. The van der Waals surface area contributed by atoms with Crippen LogP contribution in [0.25, 0.3) is 0 Å². The summed E-state index contributed by atoms with van der Waals surface area (Å²) in [4.78, 5) is 0. The van der Waals surface area contributed by atoms with E-state index in [1.54, 1.807) is 4.31 Å². The number of halogens is 1. The summed E-state index contributed by atoms with van der Waals surface area (Å²) in [5.74, 6) is 1.31. The minimum atomic E-state index is -2.99. The van der Waals surface area contributed by atoms with Gasteiger partial charge in [0, 0.05) is 13.1 Å². The Labute approximate surface area is 117 Å². The molecule has 1 saturated heterocycles. The van der Waals surface area contributed by atoms with Crippen molar-refractivity contribution in [1.29, 1.82) is 0 Å². The topological polar surface area (TPSA) is 49.4 Å². The fraction of sp³-hybridized carbons (Fsp3) is 1.00. The molecule has 1 unspecified atom stereocenters. The van der Waals surface area contributed by atoms with E-state index in [-0.39, 0.29) is 12.4 Å². The molecule has 2 aliphatic rings. The summed E-state index contributed by atoms with van der Waals surface area (Å²) >= 11 is 0. The van der Waals surface area contributed by atoms with Crippen LogP contribution in [0, 0.1) is 11.8 Å². The van der Waals surface area contributed by atoms with Gasteiger partial charge in [-0.2, -0.15) is 0 Å². The standard InChI is InChI=1S/C12H24N2O2S.ClH/c1-13-8-12-6-7-14(9-12)17(15,16)10-11-4-2-3-5-11;/h11-13H,2-10H2,1H3;1H. The van der Waals surface area contributed by atoms with Gasteiger partial charge in [0.2, 0.25) is 10.0 Å². The van der Waals surface area contributed by atoms with Crippen LogP contribution in [-0.4, -0.2) is 45.2 Å². The summed E-state index contributed by atoms with van der Waals surface area (Å²) in [7, 11) is -1.06. The van der Waals surface area contributed by atoms with E-state index in [0.717, 1.165) is 38.9 Å². The van der Waals surface area contributed by atoms with Gasteiger partial charge < -0.3 is 5.32 Å². The van der Waals surface area contributed by atoms with E-state index in [1.165, 1.54) is 12.8 Å². The Balaban J connectivity index is 0.00000162. The van der Waals surface area contributed by atoms with Crippen molar-refractivity contribution in [2.24, 2.45) is 11.8 Å². The average Bonchev–Trinajstić information content (AvgIpc) is 2.88. The Kier molecular flexibility index (Phi) is 6.38. The minimum Gasteiger partial charge on any atom is -0.319 e. The second-order valence-corrected chi connectivity index (χ2v) is 7.51. The molecule has 1 N–H and O–H groups in total. The molecule has 0 aromatic rings. The highest BCUT2D eigenvalue weighted by molar-refractivity contribution is 7.89. The van der Waals surface area contributed by atoms with Crippen LogP contribution < -0.4 is 5.32 Å².